The van der Waals surface area contributed by atoms with Crippen molar-refractivity contribution in [2.45, 2.75) is 12.8 Å². The number of benzene rings is 1. The van der Waals surface area contributed by atoms with Gasteiger partial charge in [-0.2, -0.15) is 5.26 Å². The van der Waals surface area contributed by atoms with E-state index in [-0.39, 0.29) is 10.7 Å². The molecule has 4 nitrogen and oxygen atoms in total. The number of amides is 1. The number of nitrogens with one attached hydrogen (secondary N) is 1. The van der Waals surface area contributed by atoms with Crippen LogP contribution in [0.4, 0.5) is 10.1 Å². The van der Waals surface area contributed by atoms with Crippen LogP contribution in [-0.4, -0.2) is 19.1 Å². The third-order valence-electron chi connectivity index (χ3n) is 3.17. The number of halogens is 2. The lowest BCUT2D eigenvalue weighted by Gasteiger charge is -2.29. The first-order chi connectivity index (χ1) is 9.07. The Hall–Kier alpha value is -1.64. The van der Waals surface area contributed by atoms with Crippen molar-refractivity contribution in [2.24, 2.45) is 5.41 Å². The smallest absolute Gasteiger partial charge is 0.245 e. The summed E-state index contributed by atoms with van der Waals surface area (Å²) in [6.07, 6.45) is 0.677. The van der Waals surface area contributed by atoms with Crippen molar-refractivity contribution in [2.75, 3.05) is 18.5 Å². The molecule has 1 aromatic carbocycles. The summed E-state index contributed by atoms with van der Waals surface area (Å²) in [7, 11) is 0. The van der Waals surface area contributed by atoms with Gasteiger partial charge in [0.1, 0.15) is 11.2 Å². The van der Waals surface area contributed by atoms with E-state index in [4.69, 9.17) is 16.3 Å². The number of rotatable bonds is 2. The quantitative estimate of drug-likeness (QED) is 0.907. The van der Waals surface area contributed by atoms with E-state index >= 15 is 0 Å². The molecule has 0 aromatic heterocycles. The number of nitriles is 1. The van der Waals surface area contributed by atoms with Gasteiger partial charge in [-0.05, 0) is 31.0 Å². The maximum Gasteiger partial charge on any atom is 0.245 e. The van der Waals surface area contributed by atoms with Gasteiger partial charge >= 0.3 is 0 Å². The monoisotopic (exact) mass is 282 g/mol. The maximum atomic E-state index is 13.3. The first-order valence-corrected chi connectivity index (χ1v) is 6.21. The summed E-state index contributed by atoms with van der Waals surface area (Å²) in [5, 5.41) is 11.8. The van der Waals surface area contributed by atoms with Crippen LogP contribution in [0.5, 0.6) is 0 Å². The minimum atomic E-state index is -1.10. The number of hydrogen-bond donors (Lipinski definition) is 1. The second-order valence-electron chi connectivity index (χ2n) is 4.39. The zero-order valence-electron chi connectivity index (χ0n) is 10.1. The third-order valence-corrected chi connectivity index (χ3v) is 3.48. The molecule has 0 atom stereocenters. The highest BCUT2D eigenvalue weighted by Gasteiger charge is 2.40. The number of carbonyl (C=O) groups is 1. The highest BCUT2D eigenvalue weighted by atomic mass is 35.5. The Bertz CT molecular complexity index is 536. The lowest BCUT2D eigenvalue weighted by Crippen LogP contribution is -2.39. The number of nitrogens with zero attached hydrogens (tertiary/aromatic N) is 1. The van der Waals surface area contributed by atoms with E-state index in [9.17, 15) is 14.4 Å². The van der Waals surface area contributed by atoms with Crippen LogP contribution in [0.2, 0.25) is 5.02 Å². The van der Waals surface area contributed by atoms with Gasteiger partial charge in [-0.1, -0.05) is 11.6 Å². The molecule has 1 aromatic rings. The summed E-state index contributed by atoms with van der Waals surface area (Å²) < 4.78 is 18.4. The van der Waals surface area contributed by atoms with E-state index in [0.29, 0.717) is 26.1 Å². The molecule has 0 aliphatic carbocycles. The van der Waals surface area contributed by atoms with Crippen molar-refractivity contribution >= 4 is 23.2 Å². The Balaban J connectivity index is 2.15. The van der Waals surface area contributed by atoms with E-state index in [0.717, 1.165) is 6.07 Å². The Morgan fingerprint density at radius 1 is 1.47 bits per heavy atom. The fourth-order valence-corrected chi connectivity index (χ4v) is 2.05. The van der Waals surface area contributed by atoms with Gasteiger partial charge < -0.3 is 10.1 Å². The minimum Gasteiger partial charge on any atom is -0.381 e. The molecule has 19 heavy (non-hydrogen) atoms. The van der Waals surface area contributed by atoms with Crippen LogP contribution in [0.1, 0.15) is 12.8 Å². The number of carbonyl (C=O) groups excluding carboxylic acids is 1. The summed E-state index contributed by atoms with van der Waals surface area (Å²) in [6.45, 7) is 0.742. The molecule has 1 heterocycles. The summed E-state index contributed by atoms with van der Waals surface area (Å²) in [6, 6.07) is 6.03. The van der Waals surface area contributed by atoms with E-state index in [1.807, 2.05) is 0 Å². The van der Waals surface area contributed by atoms with Gasteiger partial charge in [-0.15, -0.1) is 0 Å². The molecule has 6 heteroatoms. The van der Waals surface area contributed by atoms with Crippen molar-refractivity contribution < 1.29 is 13.9 Å². The second kappa shape index (κ2) is 5.55. The largest absolute Gasteiger partial charge is 0.381 e. The normalized spacial score (nSPS) is 17.5. The molecule has 1 aliphatic heterocycles. The predicted octanol–water partition coefficient (Wildman–Crippen LogP) is 2.74. The van der Waals surface area contributed by atoms with Gasteiger partial charge in [0, 0.05) is 18.9 Å². The van der Waals surface area contributed by atoms with Crippen LogP contribution in [0.25, 0.3) is 0 Å². The standard InChI is InChI=1S/C13H12ClFN2O2/c14-10-2-1-9(7-11(10)15)17-12(18)13(8-16)3-5-19-6-4-13/h1-2,7H,3-6H2,(H,17,18). The molecule has 100 valence electrons. The summed E-state index contributed by atoms with van der Waals surface area (Å²) in [5.74, 6) is -1.04. The molecule has 0 radical (unpaired) electrons. The summed E-state index contributed by atoms with van der Waals surface area (Å²) in [4.78, 5) is 12.2. The van der Waals surface area contributed by atoms with Gasteiger partial charge in [0.2, 0.25) is 5.91 Å². The van der Waals surface area contributed by atoms with Crippen LogP contribution >= 0.6 is 11.6 Å². The van der Waals surface area contributed by atoms with Crippen LogP contribution in [-0.2, 0) is 9.53 Å². The van der Waals surface area contributed by atoms with E-state index in [1.165, 1.54) is 12.1 Å². The third kappa shape index (κ3) is 2.86. The van der Waals surface area contributed by atoms with E-state index in [2.05, 4.69) is 11.4 Å². The molecule has 1 amide bonds. The van der Waals surface area contributed by atoms with Crippen molar-refractivity contribution in [3.05, 3.63) is 29.0 Å². The van der Waals surface area contributed by atoms with E-state index in [1.54, 1.807) is 0 Å². The topological polar surface area (TPSA) is 62.1 Å². The van der Waals surface area contributed by atoms with Crippen molar-refractivity contribution in [3.63, 3.8) is 0 Å². The van der Waals surface area contributed by atoms with Crippen LogP contribution in [0.15, 0.2) is 18.2 Å². The zero-order chi connectivity index (χ0) is 13.9. The second-order valence-corrected chi connectivity index (χ2v) is 4.80. The molecule has 1 saturated heterocycles. The minimum absolute atomic E-state index is 0.0148. The molecule has 0 bridgehead atoms. The molecule has 1 fully saturated rings. The van der Waals surface area contributed by atoms with Crippen LogP contribution < -0.4 is 5.32 Å². The molecule has 2 rings (SSSR count). The maximum absolute atomic E-state index is 13.3. The van der Waals surface area contributed by atoms with Crippen molar-refractivity contribution in [1.82, 2.24) is 0 Å². The lowest BCUT2D eigenvalue weighted by atomic mass is 9.81. The van der Waals surface area contributed by atoms with Gasteiger partial charge in [-0.25, -0.2) is 4.39 Å². The van der Waals surface area contributed by atoms with Gasteiger partial charge in [0.15, 0.2) is 0 Å². The molecule has 1 aliphatic rings. The average molecular weight is 283 g/mol. The molecule has 0 spiro atoms. The van der Waals surface area contributed by atoms with Gasteiger partial charge in [0.25, 0.3) is 0 Å². The number of hydrogen-bond acceptors (Lipinski definition) is 3. The van der Waals surface area contributed by atoms with Crippen LogP contribution in [0.3, 0.4) is 0 Å². The molecule has 1 N–H and O–H groups in total. The predicted molar refractivity (Wildman–Crippen MR) is 68.1 cm³/mol. The number of anilines is 1. The van der Waals surface area contributed by atoms with Gasteiger partial charge in [-0.3, -0.25) is 4.79 Å². The first kappa shape index (κ1) is 13.8. The van der Waals surface area contributed by atoms with Gasteiger partial charge in [0.05, 0.1) is 11.1 Å². The number of ether oxygens (including phenoxy) is 1. The Kier molecular flexibility index (Phi) is 4.03. The first-order valence-electron chi connectivity index (χ1n) is 5.83. The summed E-state index contributed by atoms with van der Waals surface area (Å²) >= 11 is 5.56. The average Bonchev–Trinajstić information content (AvgIpc) is 2.43. The fourth-order valence-electron chi connectivity index (χ4n) is 1.93. The highest BCUT2D eigenvalue weighted by Crippen LogP contribution is 2.31. The van der Waals surface area contributed by atoms with Crippen molar-refractivity contribution in [3.8, 4) is 6.07 Å². The van der Waals surface area contributed by atoms with E-state index < -0.39 is 17.1 Å². The Morgan fingerprint density at radius 2 is 2.16 bits per heavy atom. The van der Waals surface area contributed by atoms with Crippen molar-refractivity contribution in [1.29, 1.82) is 5.26 Å². The molecule has 0 unspecified atom stereocenters. The lowest BCUT2D eigenvalue weighted by molar-refractivity contribution is -0.126. The summed E-state index contributed by atoms with van der Waals surface area (Å²) in [5.41, 5.74) is -0.818. The zero-order valence-corrected chi connectivity index (χ0v) is 10.8. The molecular weight excluding hydrogens is 271 g/mol. The SMILES string of the molecule is N#CC1(C(=O)Nc2ccc(Cl)c(F)c2)CCOCC1. The Morgan fingerprint density at radius 3 is 2.74 bits per heavy atom. The molecular formula is C13H12ClFN2O2. The van der Waals surface area contributed by atoms with Crippen LogP contribution in [0, 0.1) is 22.6 Å². The molecule has 0 saturated carbocycles. The fraction of sp³-hybridized carbons (Fsp3) is 0.385. The highest BCUT2D eigenvalue weighted by molar-refractivity contribution is 6.30. The Labute approximate surface area is 115 Å².